The minimum absolute atomic E-state index is 0.0517. The van der Waals surface area contributed by atoms with Gasteiger partial charge in [-0.15, -0.1) is 0 Å². The van der Waals surface area contributed by atoms with Crippen molar-refractivity contribution in [3.05, 3.63) is 35.9 Å². The molecule has 0 aliphatic heterocycles. The Morgan fingerprint density at radius 3 is 1.84 bits per heavy atom. The third kappa shape index (κ3) is 17.4. The van der Waals surface area contributed by atoms with Gasteiger partial charge in [-0.1, -0.05) is 36.3 Å². The van der Waals surface area contributed by atoms with Crippen molar-refractivity contribution in [1.82, 2.24) is 10.6 Å². The smallest absolute Gasteiger partial charge is 0.434 e. The van der Waals surface area contributed by atoms with E-state index < -0.39 is 37.0 Å². The third-order valence-electron chi connectivity index (χ3n) is 5.86. The van der Waals surface area contributed by atoms with E-state index in [0.717, 1.165) is 5.56 Å². The van der Waals surface area contributed by atoms with E-state index in [1.165, 1.54) is 14.2 Å². The van der Waals surface area contributed by atoms with E-state index in [1.807, 2.05) is 30.3 Å². The van der Waals surface area contributed by atoms with Crippen LogP contribution in [0.5, 0.6) is 0 Å². The zero-order chi connectivity index (χ0) is 36.3. The lowest BCUT2D eigenvalue weighted by molar-refractivity contribution is -0.0250. The Bertz CT molecular complexity index is 2090. The maximum Gasteiger partial charge on any atom is 0.508 e. The maximum absolute atomic E-state index is 12.3. The summed E-state index contributed by atoms with van der Waals surface area (Å²) in [5.41, 5.74) is 0.810. The number of methoxy groups -OCH3 is 1. The normalized spacial score (nSPS) is 16.7. The fourth-order valence-corrected chi connectivity index (χ4v) is 5.04. The highest BCUT2D eigenvalue weighted by molar-refractivity contribution is 8.07. The fraction of sp³-hybridized carbons (Fsp3) is 0.263. The van der Waals surface area contributed by atoms with Gasteiger partial charge in [-0.25, -0.2) is 4.79 Å². The molecule has 0 aromatic heterocycles. The Labute approximate surface area is 303 Å². The molecular formula is C38H27N2O7PS2. The van der Waals surface area contributed by atoms with Crippen molar-refractivity contribution in [3.8, 4) is 119 Å². The van der Waals surface area contributed by atoms with Crippen molar-refractivity contribution in [1.29, 1.82) is 0 Å². The SMILES string of the molecule is CC#CC#CC#CC#CC#CC#CC#CC#CC#CC#CNC(=S)N[C@H]1C[C@H](COC(=O)OCc2ccccc2)C(OP(O)(=S)OC)[C@@H]1OC. The van der Waals surface area contributed by atoms with Crippen LogP contribution in [0.1, 0.15) is 18.9 Å². The van der Waals surface area contributed by atoms with Crippen LogP contribution >= 0.6 is 18.9 Å². The van der Waals surface area contributed by atoms with Gasteiger partial charge in [-0.3, -0.25) is 5.32 Å². The van der Waals surface area contributed by atoms with E-state index >= 15 is 0 Å². The molecule has 9 nitrogen and oxygen atoms in total. The number of benzene rings is 1. The molecule has 0 heterocycles. The first-order valence-electron chi connectivity index (χ1n) is 14.2. The summed E-state index contributed by atoms with van der Waals surface area (Å²) in [4.78, 5) is 22.6. The zero-order valence-corrected chi connectivity index (χ0v) is 29.5. The standard InChI is InChI=1S/C38H27N2O7PS2/c1-4-5-6-7-8-9-10-11-12-13-14-15-16-17-18-19-20-21-25-28-39-37(49)40-34-29-33(35(36(34)43-2)47-48(42,50)44-3)31-46-38(41)45-30-32-26-23-22-24-27-32/h22-24,26-27,33-36H,29-31H2,1-3H3,(H,42,50)(H2,39,40,49)/t33-,34+,35?,36-,48?/m1/s1. The molecule has 1 aromatic rings. The van der Waals surface area contributed by atoms with Crippen molar-refractivity contribution in [2.24, 2.45) is 5.92 Å². The Balaban J connectivity index is 1.89. The molecule has 0 radical (unpaired) electrons. The molecule has 50 heavy (non-hydrogen) atoms. The van der Waals surface area contributed by atoms with Crippen LogP contribution in [-0.2, 0) is 41.7 Å². The summed E-state index contributed by atoms with van der Waals surface area (Å²) in [6, 6.07) is 11.3. The molecule has 0 bridgehead atoms. The molecule has 0 amide bonds. The van der Waals surface area contributed by atoms with E-state index in [4.69, 9.17) is 47.3 Å². The number of thiocarbonyl (C=S) groups is 1. The van der Waals surface area contributed by atoms with Crippen molar-refractivity contribution in [2.75, 3.05) is 20.8 Å². The Morgan fingerprint density at radius 1 is 0.820 bits per heavy atom. The Morgan fingerprint density at radius 2 is 1.34 bits per heavy atom. The van der Waals surface area contributed by atoms with Crippen LogP contribution in [0, 0.1) is 124 Å². The lowest BCUT2D eigenvalue weighted by atomic mass is 10.1. The molecule has 0 saturated heterocycles. The first-order chi connectivity index (χ1) is 24.3. The zero-order valence-electron chi connectivity index (χ0n) is 27.0. The molecule has 1 fully saturated rings. The summed E-state index contributed by atoms with van der Waals surface area (Å²) in [5.74, 6) is 47.6. The lowest BCUT2D eigenvalue weighted by Gasteiger charge is -2.28. The molecule has 248 valence electrons. The topological polar surface area (TPSA) is 108 Å². The quantitative estimate of drug-likeness (QED) is 0.115. The van der Waals surface area contributed by atoms with E-state index in [1.54, 1.807) is 6.92 Å². The van der Waals surface area contributed by atoms with Crippen LogP contribution in [-0.4, -0.2) is 55.2 Å². The van der Waals surface area contributed by atoms with Gasteiger partial charge >= 0.3 is 12.9 Å². The van der Waals surface area contributed by atoms with Crippen LogP contribution in [0.15, 0.2) is 30.3 Å². The summed E-state index contributed by atoms with van der Waals surface area (Å²) in [6.07, 6.45) is -1.94. The molecule has 5 atom stereocenters. The average Bonchev–Trinajstić information content (AvgIpc) is 3.43. The molecule has 2 rings (SSSR count). The maximum atomic E-state index is 12.3. The summed E-state index contributed by atoms with van der Waals surface area (Å²) >= 11 is 10.4. The van der Waals surface area contributed by atoms with E-state index in [-0.39, 0.29) is 18.3 Å². The van der Waals surface area contributed by atoms with Gasteiger partial charge in [0.1, 0.15) is 25.4 Å². The number of rotatable bonds is 9. The van der Waals surface area contributed by atoms with Gasteiger partial charge in [-0.05, 0) is 90.3 Å². The molecule has 1 aromatic carbocycles. The highest BCUT2D eigenvalue weighted by Gasteiger charge is 2.47. The summed E-state index contributed by atoms with van der Waals surface area (Å²) < 4.78 is 26.9. The van der Waals surface area contributed by atoms with Gasteiger partial charge in [0.25, 0.3) is 0 Å². The van der Waals surface area contributed by atoms with Crippen LogP contribution < -0.4 is 10.6 Å². The summed E-state index contributed by atoms with van der Waals surface area (Å²) in [7, 11) is 2.71. The second kappa shape index (κ2) is 24.4. The van der Waals surface area contributed by atoms with Gasteiger partial charge in [0, 0.05) is 85.4 Å². The highest BCUT2D eigenvalue weighted by Crippen LogP contribution is 2.48. The molecule has 1 aliphatic carbocycles. The molecule has 3 N–H and O–H groups in total. The number of carbonyl (C=O) groups is 1. The highest BCUT2D eigenvalue weighted by atomic mass is 32.5. The van der Waals surface area contributed by atoms with Gasteiger partial charge in [0.15, 0.2) is 5.11 Å². The van der Waals surface area contributed by atoms with Gasteiger partial charge in [0.05, 0.1) is 6.04 Å². The number of hydrogen-bond acceptors (Lipinski definition) is 8. The molecular weight excluding hydrogens is 692 g/mol. The third-order valence-corrected chi connectivity index (χ3v) is 7.75. The number of carbonyl (C=O) groups excluding carboxylic acids is 1. The second-order valence-electron chi connectivity index (χ2n) is 9.08. The first kappa shape index (κ1) is 40.4. The fourth-order valence-electron chi connectivity index (χ4n) is 3.86. The van der Waals surface area contributed by atoms with Crippen LogP contribution in [0.25, 0.3) is 0 Å². The minimum Gasteiger partial charge on any atom is -0.434 e. The predicted molar refractivity (Wildman–Crippen MR) is 196 cm³/mol. The average molecular weight is 719 g/mol. The largest absolute Gasteiger partial charge is 0.508 e. The van der Waals surface area contributed by atoms with Crippen molar-refractivity contribution < 1.29 is 32.9 Å². The number of hydrogen-bond donors (Lipinski definition) is 3. The lowest BCUT2D eigenvalue weighted by Crippen LogP contribution is -2.47. The second-order valence-corrected chi connectivity index (χ2v) is 12.4. The van der Waals surface area contributed by atoms with Gasteiger partial charge < -0.3 is 33.5 Å². The minimum atomic E-state index is -3.60. The molecule has 12 heteroatoms. The van der Waals surface area contributed by atoms with Gasteiger partial charge in [0.2, 0.25) is 0 Å². The summed E-state index contributed by atoms with van der Waals surface area (Å²) in [5, 5.41) is 5.99. The van der Waals surface area contributed by atoms with E-state index in [0.29, 0.717) is 6.42 Å². The van der Waals surface area contributed by atoms with E-state index in [9.17, 15) is 9.69 Å². The van der Waals surface area contributed by atoms with E-state index in [2.05, 4.69) is 129 Å². The molecule has 1 aliphatic rings. The Hall–Kier alpha value is -5.73. The predicted octanol–water partition coefficient (Wildman–Crippen LogP) is 2.47. The van der Waals surface area contributed by atoms with Crippen LogP contribution in [0.3, 0.4) is 0 Å². The Kier molecular flexibility index (Phi) is 19.8. The van der Waals surface area contributed by atoms with Crippen LogP contribution in [0.4, 0.5) is 4.79 Å². The molecule has 0 spiro atoms. The molecule has 1 saturated carbocycles. The first-order valence-corrected chi connectivity index (χ1v) is 17.2. The van der Waals surface area contributed by atoms with Gasteiger partial charge in [-0.2, -0.15) is 0 Å². The molecule has 2 unspecified atom stereocenters. The number of nitrogens with one attached hydrogen (secondary N) is 2. The number of ether oxygens (including phenoxy) is 3. The monoisotopic (exact) mass is 718 g/mol. The van der Waals surface area contributed by atoms with Crippen molar-refractivity contribution in [3.63, 3.8) is 0 Å². The van der Waals surface area contributed by atoms with Crippen molar-refractivity contribution in [2.45, 2.75) is 38.2 Å². The van der Waals surface area contributed by atoms with Crippen molar-refractivity contribution >= 4 is 42.0 Å². The summed E-state index contributed by atoms with van der Waals surface area (Å²) in [6.45, 7) is -1.97. The van der Waals surface area contributed by atoms with Crippen LogP contribution in [0.2, 0.25) is 0 Å².